The third-order valence-electron chi connectivity index (χ3n) is 2.92. The Labute approximate surface area is 102 Å². The number of rotatable bonds is 4. The van der Waals surface area contributed by atoms with Crippen molar-refractivity contribution in [2.75, 3.05) is 50.4 Å². The van der Waals surface area contributed by atoms with Crippen molar-refractivity contribution < 1.29 is 4.74 Å². The van der Waals surface area contributed by atoms with Gasteiger partial charge in [-0.3, -0.25) is 4.90 Å². The molecule has 1 saturated heterocycles. The van der Waals surface area contributed by atoms with E-state index in [2.05, 4.69) is 15.2 Å². The fourth-order valence-corrected chi connectivity index (χ4v) is 1.94. The molecule has 1 aliphatic rings. The summed E-state index contributed by atoms with van der Waals surface area (Å²) in [5, 5.41) is 3.34. The Hall–Kier alpha value is -1.33. The maximum Gasteiger partial charge on any atom is 0.129 e. The third kappa shape index (κ3) is 3.57. The van der Waals surface area contributed by atoms with Gasteiger partial charge >= 0.3 is 0 Å². The lowest BCUT2D eigenvalue weighted by Gasteiger charge is -2.26. The maximum absolute atomic E-state index is 5.66. The first-order valence-corrected chi connectivity index (χ1v) is 6.02. The Balaban J connectivity index is 1.77. The molecule has 1 aromatic rings. The maximum atomic E-state index is 5.66. The van der Waals surface area contributed by atoms with Gasteiger partial charge in [-0.05, 0) is 18.6 Å². The molecule has 2 rings (SSSR count). The molecule has 17 heavy (non-hydrogen) atoms. The van der Waals surface area contributed by atoms with Crippen molar-refractivity contribution in [2.24, 2.45) is 0 Å². The van der Waals surface area contributed by atoms with Crippen LogP contribution in [0.5, 0.6) is 0 Å². The summed E-state index contributed by atoms with van der Waals surface area (Å²) in [4.78, 5) is 6.67. The molecule has 3 N–H and O–H groups in total. The summed E-state index contributed by atoms with van der Waals surface area (Å²) in [5.41, 5.74) is 7.46. The molecule has 1 aliphatic heterocycles. The van der Waals surface area contributed by atoms with Gasteiger partial charge in [-0.1, -0.05) is 0 Å². The van der Waals surface area contributed by atoms with Crippen LogP contribution in [0, 0.1) is 6.92 Å². The fraction of sp³-hybridized carbons (Fsp3) is 0.583. The summed E-state index contributed by atoms with van der Waals surface area (Å²) in [5.74, 6) is 0.924. The number of nitrogen functional groups attached to an aromatic ring is 1. The smallest absolute Gasteiger partial charge is 0.129 e. The van der Waals surface area contributed by atoms with Crippen LogP contribution in [-0.4, -0.2) is 49.3 Å². The highest BCUT2D eigenvalue weighted by Gasteiger charge is 2.09. The molecular formula is C12H20N4O. The molecule has 0 aromatic carbocycles. The molecule has 0 amide bonds. The van der Waals surface area contributed by atoms with Crippen molar-refractivity contribution in [1.29, 1.82) is 0 Å². The second kappa shape index (κ2) is 5.84. The van der Waals surface area contributed by atoms with Crippen molar-refractivity contribution in [3.63, 3.8) is 0 Å². The molecular weight excluding hydrogens is 216 g/mol. The lowest BCUT2D eigenvalue weighted by molar-refractivity contribution is 0.0398. The van der Waals surface area contributed by atoms with Crippen molar-refractivity contribution in [3.8, 4) is 0 Å². The highest BCUT2D eigenvalue weighted by molar-refractivity contribution is 5.50. The minimum atomic E-state index is 0.709. The average molecular weight is 236 g/mol. The van der Waals surface area contributed by atoms with E-state index in [-0.39, 0.29) is 0 Å². The molecule has 0 saturated carbocycles. The van der Waals surface area contributed by atoms with Gasteiger partial charge in [0.15, 0.2) is 0 Å². The Morgan fingerprint density at radius 1 is 1.47 bits per heavy atom. The number of anilines is 2. The van der Waals surface area contributed by atoms with Crippen molar-refractivity contribution >= 4 is 11.5 Å². The van der Waals surface area contributed by atoms with Gasteiger partial charge in [-0.2, -0.15) is 0 Å². The molecule has 0 atom stereocenters. The topological polar surface area (TPSA) is 63.4 Å². The van der Waals surface area contributed by atoms with E-state index in [1.54, 1.807) is 6.20 Å². The number of nitrogens with two attached hydrogens (primary N) is 1. The van der Waals surface area contributed by atoms with Gasteiger partial charge in [-0.15, -0.1) is 0 Å². The Morgan fingerprint density at radius 2 is 2.24 bits per heavy atom. The molecule has 5 heteroatoms. The van der Waals surface area contributed by atoms with Gasteiger partial charge in [0.25, 0.3) is 0 Å². The highest BCUT2D eigenvalue weighted by atomic mass is 16.5. The Bertz CT molecular complexity index is 364. The van der Waals surface area contributed by atoms with E-state index >= 15 is 0 Å². The fourth-order valence-electron chi connectivity index (χ4n) is 1.94. The number of nitrogens with zero attached hydrogens (tertiary/aromatic N) is 2. The van der Waals surface area contributed by atoms with Crippen LogP contribution in [0.2, 0.25) is 0 Å². The van der Waals surface area contributed by atoms with Crippen LogP contribution in [0.3, 0.4) is 0 Å². The predicted molar refractivity (Wildman–Crippen MR) is 69.1 cm³/mol. The summed E-state index contributed by atoms with van der Waals surface area (Å²) in [6.07, 6.45) is 1.68. The van der Waals surface area contributed by atoms with Crippen LogP contribution in [0.15, 0.2) is 12.3 Å². The summed E-state index contributed by atoms with van der Waals surface area (Å²) >= 11 is 0. The molecule has 1 aromatic heterocycles. The summed E-state index contributed by atoms with van der Waals surface area (Å²) in [6, 6.07) is 1.93. The van der Waals surface area contributed by atoms with Gasteiger partial charge in [0.05, 0.1) is 25.1 Å². The SMILES string of the molecule is Cc1cc(N)cnc1NCCN1CCOCC1. The minimum absolute atomic E-state index is 0.709. The Kier molecular flexibility index (Phi) is 4.17. The number of ether oxygens (including phenoxy) is 1. The van der Waals surface area contributed by atoms with Gasteiger partial charge in [-0.25, -0.2) is 4.98 Å². The summed E-state index contributed by atoms with van der Waals surface area (Å²) in [6.45, 7) is 7.68. The van der Waals surface area contributed by atoms with Crippen LogP contribution in [0.1, 0.15) is 5.56 Å². The molecule has 0 radical (unpaired) electrons. The van der Waals surface area contributed by atoms with E-state index < -0.39 is 0 Å². The number of morpholine rings is 1. The van der Waals surface area contributed by atoms with Crippen LogP contribution < -0.4 is 11.1 Å². The molecule has 5 nitrogen and oxygen atoms in total. The first-order valence-electron chi connectivity index (χ1n) is 6.02. The molecule has 0 spiro atoms. The number of aromatic nitrogens is 1. The zero-order chi connectivity index (χ0) is 12.1. The van der Waals surface area contributed by atoms with Gasteiger partial charge < -0.3 is 15.8 Å². The zero-order valence-corrected chi connectivity index (χ0v) is 10.3. The molecule has 0 unspecified atom stereocenters. The normalized spacial score (nSPS) is 17.0. The predicted octanol–water partition coefficient (Wildman–Crippen LogP) is 0.716. The van der Waals surface area contributed by atoms with Crippen molar-refractivity contribution in [3.05, 3.63) is 17.8 Å². The highest BCUT2D eigenvalue weighted by Crippen LogP contribution is 2.13. The number of nitrogens with one attached hydrogen (secondary N) is 1. The van der Waals surface area contributed by atoms with Crippen molar-refractivity contribution in [2.45, 2.75) is 6.92 Å². The monoisotopic (exact) mass is 236 g/mol. The first kappa shape index (κ1) is 12.1. The zero-order valence-electron chi connectivity index (χ0n) is 10.3. The van der Waals surface area contributed by atoms with E-state index in [9.17, 15) is 0 Å². The lowest BCUT2D eigenvalue weighted by atomic mass is 10.2. The van der Waals surface area contributed by atoms with Gasteiger partial charge in [0.1, 0.15) is 5.82 Å². The van der Waals surface area contributed by atoms with Crippen LogP contribution in [0.25, 0.3) is 0 Å². The van der Waals surface area contributed by atoms with Crippen molar-refractivity contribution in [1.82, 2.24) is 9.88 Å². The van der Waals surface area contributed by atoms with E-state index in [1.807, 2.05) is 13.0 Å². The molecule has 0 bridgehead atoms. The molecule has 94 valence electrons. The van der Waals surface area contributed by atoms with E-state index in [1.165, 1.54) is 0 Å². The third-order valence-corrected chi connectivity index (χ3v) is 2.92. The average Bonchev–Trinajstić information content (AvgIpc) is 2.33. The number of pyridine rings is 1. The van der Waals surface area contributed by atoms with Crippen LogP contribution >= 0.6 is 0 Å². The quantitative estimate of drug-likeness (QED) is 0.806. The number of hydrogen-bond donors (Lipinski definition) is 2. The second-order valence-corrected chi connectivity index (χ2v) is 4.31. The van der Waals surface area contributed by atoms with Gasteiger partial charge in [0, 0.05) is 26.2 Å². The van der Waals surface area contributed by atoms with E-state index in [0.29, 0.717) is 5.69 Å². The van der Waals surface area contributed by atoms with E-state index in [4.69, 9.17) is 10.5 Å². The van der Waals surface area contributed by atoms with Crippen LogP contribution in [-0.2, 0) is 4.74 Å². The number of hydrogen-bond acceptors (Lipinski definition) is 5. The first-order chi connectivity index (χ1) is 8.25. The second-order valence-electron chi connectivity index (χ2n) is 4.31. The number of aryl methyl sites for hydroxylation is 1. The minimum Gasteiger partial charge on any atom is -0.397 e. The van der Waals surface area contributed by atoms with Gasteiger partial charge in [0.2, 0.25) is 0 Å². The molecule has 2 heterocycles. The lowest BCUT2D eigenvalue weighted by Crippen LogP contribution is -2.39. The van der Waals surface area contributed by atoms with Crippen LogP contribution in [0.4, 0.5) is 11.5 Å². The Morgan fingerprint density at radius 3 is 2.94 bits per heavy atom. The molecule has 1 fully saturated rings. The summed E-state index contributed by atoms with van der Waals surface area (Å²) in [7, 11) is 0. The molecule has 0 aliphatic carbocycles. The largest absolute Gasteiger partial charge is 0.397 e. The summed E-state index contributed by atoms with van der Waals surface area (Å²) < 4.78 is 5.31. The standard InChI is InChI=1S/C12H20N4O/c1-10-8-11(13)9-15-12(10)14-2-3-16-4-6-17-7-5-16/h8-9H,2-7,13H2,1H3,(H,14,15). The van der Waals surface area contributed by atoms with E-state index in [0.717, 1.165) is 50.8 Å².